The second-order valence-electron chi connectivity index (χ2n) is 5.64. The lowest BCUT2D eigenvalue weighted by molar-refractivity contribution is -0.133. The summed E-state index contributed by atoms with van der Waals surface area (Å²) >= 11 is 0. The van der Waals surface area contributed by atoms with Crippen LogP contribution in [0.1, 0.15) is 25.3 Å². The molecule has 1 aliphatic heterocycles. The maximum Gasteiger partial charge on any atom is 0.250 e. The molecule has 1 aromatic carbocycles. The number of anilines is 1. The Balaban J connectivity index is 1.97. The van der Waals surface area contributed by atoms with E-state index >= 15 is 0 Å². The van der Waals surface area contributed by atoms with Crippen LogP contribution in [0.3, 0.4) is 0 Å². The Labute approximate surface area is 117 Å². The molecule has 2 aliphatic rings. The Morgan fingerprint density at radius 3 is 2.60 bits per heavy atom. The topological polar surface area (TPSA) is 49.4 Å². The quantitative estimate of drug-likeness (QED) is 0.895. The van der Waals surface area contributed by atoms with Crippen molar-refractivity contribution < 1.29 is 14.0 Å². The van der Waals surface area contributed by atoms with E-state index in [1.165, 1.54) is 11.0 Å². The predicted octanol–water partition coefficient (Wildman–Crippen LogP) is 1.76. The second-order valence-corrected chi connectivity index (χ2v) is 5.64. The number of rotatable bonds is 2. The van der Waals surface area contributed by atoms with Gasteiger partial charge in [0.05, 0.1) is 0 Å². The normalized spacial score (nSPS) is 26.6. The van der Waals surface area contributed by atoms with Crippen LogP contribution in [0.25, 0.3) is 0 Å². The summed E-state index contributed by atoms with van der Waals surface area (Å²) in [5.74, 6) is -0.300. The summed E-state index contributed by atoms with van der Waals surface area (Å²) in [7, 11) is 0. The van der Waals surface area contributed by atoms with Crippen molar-refractivity contribution in [1.29, 1.82) is 0 Å². The van der Waals surface area contributed by atoms with Gasteiger partial charge in [0.1, 0.15) is 17.9 Å². The van der Waals surface area contributed by atoms with Crippen molar-refractivity contribution in [2.45, 2.75) is 38.8 Å². The van der Waals surface area contributed by atoms with E-state index in [4.69, 9.17) is 0 Å². The number of benzene rings is 1. The zero-order valence-electron chi connectivity index (χ0n) is 11.5. The molecular weight excluding hydrogens is 259 g/mol. The molecular formula is C15H17FN2O2. The summed E-state index contributed by atoms with van der Waals surface area (Å²) in [6, 6.07) is 3.51. The van der Waals surface area contributed by atoms with E-state index < -0.39 is 12.1 Å². The largest absolute Gasteiger partial charge is 0.342 e. The van der Waals surface area contributed by atoms with Gasteiger partial charge in [-0.1, -0.05) is 0 Å². The molecule has 0 spiro atoms. The van der Waals surface area contributed by atoms with Gasteiger partial charge in [0.15, 0.2) is 0 Å². The lowest BCUT2D eigenvalue weighted by Crippen LogP contribution is -2.63. The minimum absolute atomic E-state index is 0.0920. The van der Waals surface area contributed by atoms with Crippen LogP contribution < -0.4 is 10.2 Å². The first-order chi connectivity index (χ1) is 9.49. The molecule has 2 amide bonds. The molecule has 1 saturated heterocycles. The van der Waals surface area contributed by atoms with E-state index in [9.17, 15) is 14.0 Å². The monoisotopic (exact) mass is 276 g/mol. The van der Waals surface area contributed by atoms with E-state index in [2.05, 4.69) is 5.32 Å². The maximum absolute atomic E-state index is 13.4. The Bertz CT molecular complexity index is 583. The van der Waals surface area contributed by atoms with Gasteiger partial charge in [0.2, 0.25) is 5.91 Å². The molecule has 5 heteroatoms. The van der Waals surface area contributed by atoms with Crippen LogP contribution in [0, 0.1) is 18.7 Å². The zero-order chi connectivity index (χ0) is 14.4. The molecule has 0 radical (unpaired) electrons. The number of carbonyl (C=O) groups excluding carboxylic acids is 2. The highest BCUT2D eigenvalue weighted by Crippen LogP contribution is 2.36. The maximum atomic E-state index is 13.4. The standard InChI is InChI=1S/C15H17FN2O2/c1-8-7-11(5-6-12(8)16)18-9(2)14(19)17-13(15(18)20)10-3-4-10/h5-7,9-10,13H,3-4H2,1-2H3,(H,17,19). The van der Waals surface area contributed by atoms with Crippen molar-refractivity contribution in [3.63, 3.8) is 0 Å². The molecule has 2 fully saturated rings. The first kappa shape index (κ1) is 13.1. The van der Waals surface area contributed by atoms with Gasteiger partial charge in [-0.05, 0) is 56.4 Å². The average molecular weight is 276 g/mol. The van der Waals surface area contributed by atoms with Crippen LogP contribution in [-0.2, 0) is 9.59 Å². The number of hydrogen-bond acceptors (Lipinski definition) is 2. The van der Waals surface area contributed by atoms with Crippen molar-refractivity contribution in [2.75, 3.05) is 4.90 Å². The van der Waals surface area contributed by atoms with Crippen LogP contribution in [0.15, 0.2) is 18.2 Å². The van der Waals surface area contributed by atoms with Gasteiger partial charge in [-0.3, -0.25) is 14.5 Å². The summed E-state index contributed by atoms with van der Waals surface area (Å²) in [5.41, 5.74) is 1.05. The summed E-state index contributed by atoms with van der Waals surface area (Å²) in [6.45, 7) is 3.34. The van der Waals surface area contributed by atoms with Crippen molar-refractivity contribution in [3.05, 3.63) is 29.6 Å². The van der Waals surface area contributed by atoms with E-state index in [0.29, 0.717) is 11.3 Å². The van der Waals surface area contributed by atoms with E-state index in [-0.39, 0.29) is 23.5 Å². The molecule has 2 atom stereocenters. The number of nitrogens with zero attached hydrogens (tertiary/aromatic N) is 1. The van der Waals surface area contributed by atoms with Gasteiger partial charge in [-0.2, -0.15) is 0 Å². The molecule has 1 aliphatic carbocycles. The molecule has 1 saturated carbocycles. The van der Waals surface area contributed by atoms with Gasteiger partial charge >= 0.3 is 0 Å². The third-order valence-electron chi connectivity index (χ3n) is 4.08. The number of hydrogen-bond donors (Lipinski definition) is 1. The number of halogens is 1. The van der Waals surface area contributed by atoms with Crippen LogP contribution in [0.2, 0.25) is 0 Å². The SMILES string of the molecule is Cc1cc(N2C(=O)C(C3CC3)NC(=O)C2C)ccc1F. The Morgan fingerprint density at radius 1 is 1.30 bits per heavy atom. The highest BCUT2D eigenvalue weighted by atomic mass is 19.1. The van der Waals surface area contributed by atoms with Gasteiger partial charge in [0.25, 0.3) is 5.91 Å². The fourth-order valence-corrected chi connectivity index (χ4v) is 2.67. The summed E-state index contributed by atoms with van der Waals surface area (Å²) in [5, 5.41) is 2.80. The lowest BCUT2D eigenvalue weighted by atomic mass is 10.0. The second kappa shape index (κ2) is 4.58. The molecule has 3 rings (SSSR count). The van der Waals surface area contributed by atoms with Gasteiger partial charge in [0, 0.05) is 5.69 Å². The Kier molecular flexibility index (Phi) is 3.00. The zero-order valence-corrected chi connectivity index (χ0v) is 11.5. The summed E-state index contributed by atoms with van der Waals surface area (Å²) in [6.07, 6.45) is 1.95. The molecule has 0 aromatic heterocycles. The van der Waals surface area contributed by atoms with Gasteiger partial charge < -0.3 is 5.32 Å². The number of piperazine rings is 1. The lowest BCUT2D eigenvalue weighted by Gasteiger charge is -2.37. The van der Waals surface area contributed by atoms with Crippen LogP contribution in [0.4, 0.5) is 10.1 Å². The molecule has 1 heterocycles. The van der Waals surface area contributed by atoms with Crippen LogP contribution >= 0.6 is 0 Å². The van der Waals surface area contributed by atoms with Crippen molar-refractivity contribution in [1.82, 2.24) is 5.32 Å². The minimum atomic E-state index is -0.567. The van der Waals surface area contributed by atoms with Crippen molar-refractivity contribution in [3.8, 4) is 0 Å². The predicted molar refractivity (Wildman–Crippen MR) is 72.7 cm³/mol. The Hall–Kier alpha value is -1.91. The number of carbonyl (C=O) groups is 2. The molecule has 1 N–H and O–H groups in total. The number of nitrogens with one attached hydrogen (secondary N) is 1. The first-order valence-corrected chi connectivity index (χ1v) is 6.88. The summed E-state index contributed by atoms with van der Waals surface area (Å²) in [4.78, 5) is 26.1. The minimum Gasteiger partial charge on any atom is -0.342 e. The third kappa shape index (κ3) is 2.07. The molecule has 2 unspecified atom stereocenters. The van der Waals surface area contributed by atoms with Crippen molar-refractivity contribution in [2.24, 2.45) is 5.92 Å². The molecule has 0 bridgehead atoms. The van der Waals surface area contributed by atoms with Crippen LogP contribution in [0.5, 0.6) is 0 Å². The first-order valence-electron chi connectivity index (χ1n) is 6.88. The average Bonchev–Trinajstić information content (AvgIpc) is 3.22. The third-order valence-corrected chi connectivity index (χ3v) is 4.08. The van der Waals surface area contributed by atoms with Gasteiger partial charge in [-0.15, -0.1) is 0 Å². The van der Waals surface area contributed by atoms with Gasteiger partial charge in [-0.25, -0.2) is 4.39 Å². The van der Waals surface area contributed by atoms with E-state index in [1.807, 2.05) is 0 Å². The van der Waals surface area contributed by atoms with E-state index in [0.717, 1.165) is 12.8 Å². The van der Waals surface area contributed by atoms with E-state index in [1.54, 1.807) is 26.0 Å². The molecule has 20 heavy (non-hydrogen) atoms. The highest BCUT2D eigenvalue weighted by Gasteiger charge is 2.46. The highest BCUT2D eigenvalue weighted by molar-refractivity contribution is 6.08. The number of aryl methyl sites for hydroxylation is 1. The van der Waals surface area contributed by atoms with Crippen LogP contribution in [-0.4, -0.2) is 23.9 Å². The smallest absolute Gasteiger partial charge is 0.250 e. The fourth-order valence-electron chi connectivity index (χ4n) is 2.67. The Morgan fingerprint density at radius 2 is 2.00 bits per heavy atom. The molecule has 106 valence electrons. The fraction of sp³-hybridized carbons (Fsp3) is 0.467. The number of amides is 2. The molecule has 4 nitrogen and oxygen atoms in total. The van der Waals surface area contributed by atoms with Crippen molar-refractivity contribution >= 4 is 17.5 Å². The summed E-state index contributed by atoms with van der Waals surface area (Å²) < 4.78 is 13.4. The molecule has 1 aromatic rings.